The van der Waals surface area contributed by atoms with Crippen LogP contribution in [0.5, 0.6) is 5.75 Å². The minimum absolute atomic E-state index is 0.587. The van der Waals surface area contributed by atoms with Crippen molar-refractivity contribution in [2.45, 2.75) is 0 Å². The summed E-state index contributed by atoms with van der Waals surface area (Å²) in [6, 6.07) is 3.52. The quantitative estimate of drug-likeness (QED) is 0.629. The van der Waals surface area contributed by atoms with Crippen LogP contribution in [0.2, 0.25) is 0 Å². The van der Waals surface area contributed by atoms with Crippen molar-refractivity contribution in [1.29, 1.82) is 0 Å². The van der Waals surface area contributed by atoms with Crippen molar-refractivity contribution < 1.29 is 9.68 Å². The lowest BCUT2D eigenvalue weighted by molar-refractivity contribution is 0.456. The van der Waals surface area contributed by atoms with Crippen LogP contribution in [0.1, 0.15) is 0 Å². The molecule has 12 heavy (non-hydrogen) atoms. The van der Waals surface area contributed by atoms with Crippen molar-refractivity contribution in [2.75, 3.05) is 0 Å². The van der Waals surface area contributed by atoms with Crippen molar-refractivity contribution in [3.63, 3.8) is 0 Å². The Bertz CT molecular complexity index is 388. The number of H-pyrrole nitrogens is 1. The van der Waals surface area contributed by atoms with Crippen LogP contribution in [0.25, 0.3) is 11.0 Å². The first-order chi connectivity index (χ1) is 5.92. The van der Waals surface area contributed by atoms with Crippen LogP contribution in [0.15, 0.2) is 24.5 Å². The van der Waals surface area contributed by atoms with Crippen molar-refractivity contribution in [3.05, 3.63) is 24.5 Å². The first kappa shape index (κ1) is 7.18. The molecular weight excluding hydrogens is 155 g/mol. The number of nitrogens with zero attached hydrogens (tertiary/aromatic N) is 1. The van der Waals surface area contributed by atoms with Crippen molar-refractivity contribution >= 4 is 18.7 Å². The van der Waals surface area contributed by atoms with E-state index >= 15 is 0 Å². The molecular formula is C7H6BN2O2. The maximum Gasteiger partial charge on any atom is 0.569 e. The average Bonchev–Trinajstić information content (AvgIpc) is 2.53. The number of nitrogens with one attached hydrogen (secondary N) is 1. The van der Waals surface area contributed by atoms with Gasteiger partial charge < -0.3 is 14.7 Å². The fourth-order valence-electron chi connectivity index (χ4n) is 1.10. The van der Waals surface area contributed by atoms with E-state index in [-0.39, 0.29) is 0 Å². The zero-order valence-electron chi connectivity index (χ0n) is 6.19. The molecule has 0 fully saturated rings. The summed E-state index contributed by atoms with van der Waals surface area (Å²) < 4.78 is 4.85. The minimum Gasteiger partial charge on any atom is -0.537 e. The molecule has 2 aromatic rings. The summed E-state index contributed by atoms with van der Waals surface area (Å²) in [5.41, 5.74) is 0.745. The molecule has 0 unspecified atom stereocenters. The summed E-state index contributed by atoms with van der Waals surface area (Å²) in [6.45, 7) is 0. The van der Waals surface area contributed by atoms with E-state index in [0.717, 1.165) is 11.0 Å². The molecule has 5 heteroatoms. The van der Waals surface area contributed by atoms with Crippen LogP contribution in [0.3, 0.4) is 0 Å². The summed E-state index contributed by atoms with van der Waals surface area (Å²) in [4.78, 5) is 6.98. The van der Waals surface area contributed by atoms with E-state index in [2.05, 4.69) is 9.97 Å². The SMILES string of the molecule is O[B]Oc1ccnc2[nH]ccc12. The molecule has 0 saturated carbocycles. The van der Waals surface area contributed by atoms with Gasteiger partial charge in [-0.1, -0.05) is 0 Å². The van der Waals surface area contributed by atoms with E-state index in [1.54, 1.807) is 18.5 Å². The van der Waals surface area contributed by atoms with Crippen LogP contribution in [-0.4, -0.2) is 22.7 Å². The Morgan fingerprint density at radius 1 is 1.50 bits per heavy atom. The van der Waals surface area contributed by atoms with Gasteiger partial charge in [-0.05, 0) is 12.1 Å². The molecule has 2 heterocycles. The lowest BCUT2D eigenvalue weighted by Gasteiger charge is -2.00. The third kappa shape index (κ3) is 1.04. The summed E-state index contributed by atoms with van der Waals surface area (Å²) in [5.74, 6) is 0.587. The number of rotatable bonds is 2. The standard InChI is InChI=1S/C7H6BN2O2/c11-8-12-6-2-4-10-7-5(6)1-3-9-7/h1-4,11H,(H,9,10). The highest BCUT2D eigenvalue weighted by molar-refractivity contribution is 6.18. The number of pyridine rings is 1. The van der Waals surface area contributed by atoms with Crippen LogP contribution < -0.4 is 4.65 Å². The van der Waals surface area contributed by atoms with Crippen molar-refractivity contribution in [3.8, 4) is 5.75 Å². The van der Waals surface area contributed by atoms with E-state index in [0.29, 0.717) is 13.4 Å². The van der Waals surface area contributed by atoms with E-state index in [1.165, 1.54) is 0 Å². The van der Waals surface area contributed by atoms with E-state index in [1.807, 2.05) is 6.07 Å². The lowest BCUT2D eigenvalue weighted by Crippen LogP contribution is -1.99. The van der Waals surface area contributed by atoms with Gasteiger partial charge in [0.05, 0.1) is 5.39 Å². The highest BCUT2D eigenvalue weighted by Gasteiger charge is 2.02. The normalized spacial score (nSPS) is 10.1. The van der Waals surface area contributed by atoms with Crippen molar-refractivity contribution in [1.82, 2.24) is 9.97 Å². The molecule has 2 N–H and O–H groups in total. The Balaban J connectivity index is 2.57. The van der Waals surface area contributed by atoms with Crippen LogP contribution in [0.4, 0.5) is 0 Å². The predicted octanol–water partition coefficient (Wildman–Crippen LogP) is 0.468. The van der Waals surface area contributed by atoms with Gasteiger partial charge in [0.25, 0.3) is 0 Å². The molecule has 0 aliphatic heterocycles. The zero-order valence-corrected chi connectivity index (χ0v) is 6.19. The Hall–Kier alpha value is -1.49. The maximum atomic E-state index is 8.44. The summed E-state index contributed by atoms with van der Waals surface area (Å²) in [7, 11) is 0.655. The smallest absolute Gasteiger partial charge is 0.537 e. The van der Waals surface area contributed by atoms with Gasteiger partial charge in [0, 0.05) is 12.4 Å². The average molecular weight is 161 g/mol. The number of hydrogen-bond donors (Lipinski definition) is 2. The van der Waals surface area contributed by atoms with Gasteiger partial charge in [0.1, 0.15) is 11.4 Å². The molecule has 0 saturated heterocycles. The fraction of sp³-hybridized carbons (Fsp3) is 0. The van der Waals surface area contributed by atoms with Crippen LogP contribution in [0, 0.1) is 0 Å². The number of aromatic nitrogens is 2. The Morgan fingerprint density at radius 3 is 3.25 bits per heavy atom. The first-order valence-electron chi connectivity index (χ1n) is 3.46. The molecule has 0 aliphatic carbocycles. The number of fused-ring (bicyclic) bond motifs is 1. The van der Waals surface area contributed by atoms with Gasteiger partial charge >= 0.3 is 7.69 Å². The van der Waals surface area contributed by atoms with E-state index < -0.39 is 0 Å². The van der Waals surface area contributed by atoms with E-state index in [9.17, 15) is 0 Å². The molecule has 0 bridgehead atoms. The van der Waals surface area contributed by atoms with Crippen LogP contribution >= 0.6 is 0 Å². The van der Waals surface area contributed by atoms with Gasteiger partial charge in [-0.15, -0.1) is 0 Å². The Kier molecular flexibility index (Phi) is 1.71. The van der Waals surface area contributed by atoms with Gasteiger partial charge in [-0.25, -0.2) is 4.98 Å². The maximum absolute atomic E-state index is 8.44. The summed E-state index contributed by atoms with van der Waals surface area (Å²) >= 11 is 0. The van der Waals surface area contributed by atoms with Gasteiger partial charge in [0.15, 0.2) is 0 Å². The number of aromatic amines is 1. The molecule has 2 aromatic heterocycles. The predicted molar refractivity (Wildman–Crippen MR) is 44.7 cm³/mol. The Labute approximate surface area is 69.5 Å². The van der Waals surface area contributed by atoms with Gasteiger partial charge in [0.2, 0.25) is 0 Å². The second-order valence-corrected chi connectivity index (χ2v) is 2.27. The van der Waals surface area contributed by atoms with Gasteiger partial charge in [-0.3, -0.25) is 0 Å². The molecule has 0 amide bonds. The fourth-order valence-corrected chi connectivity index (χ4v) is 1.10. The zero-order chi connectivity index (χ0) is 8.39. The molecule has 2 rings (SSSR count). The van der Waals surface area contributed by atoms with Crippen molar-refractivity contribution in [2.24, 2.45) is 0 Å². The molecule has 59 valence electrons. The third-order valence-corrected chi connectivity index (χ3v) is 1.60. The highest BCUT2D eigenvalue weighted by Crippen LogP contribution is 2.21. The molecule has 0 aliphatic rings. The molecule has 4 nitrogen and oxygen atoms in total. The second kappa shape index (κ2) is 2.87. The van der Waals surface area contributed by atoms with Crippen LogP contribution in [-0.2, 0) is 0 Å². The summed E-state index contributed by atoms with van der Waals surface area (Å²) in [6.07, 6.45) is 3.37. The third-order valence-electron chi connectivity index (χ3n) is 1.60. The largest absolute Gasteiger partial charge is 0.569 e. The minimum atomic E-state index is 0.587. The first-order valence-corrected chi connectivity index (χ1v) is 3.46. The Morgan fingerprint density at radius 2 is 2.42 bits per heavy atom. The van der Waals surface area contributed by atoms with Gasteiger partial charge in [-0.2, -0.15) is 0 Å². The van der Waals surface area contributed by atoms with E-state index in [4.69, 9.17) is 9.68 Å². The summed E-state index contributed by atoms with van der Waals surface area (Å²) in [5, 5.41) is 9.29. The lowest BCUT2D eigenvalue weighted by atomic mass is 10.3. The monoisotopic (exact) mass is 161 g/mol. The molecule has 1 radical (unpaired) electrons. The molecule has 0 aromatic carbocycles. The molecule has 0 atom stereocenters. The topological polar surface area (TPSA) is 58.1 Å². The second-order valence-electron chi connectivity index (χ2n) is 2.27. The highest BCUT2D eigenvalue weighted by atomic mass is 16.5. The molecule has 0 spiro atoms. The number of hydrogen-bond acceptors (Lipinski definition) is 3.